The molecule has 5 heterocycles. The van der Waals surface area contributed by atoms with Gasteiger partial charge in [0, 0.05) is 20.0 Å². The number of fused-ring (bicyclic) bond motifs is 2. The third-order valence-electron chi connectivity index (χ3n) is 10.2. The van der Waals surface area contributed by atoms with Crippen LogP contribution in [0.25, 0.3) is 11.0 Å². The van der Waals surface area contributed by atoms with Crippen LogP contribution >= 0.6 is 11.6 Å². The van der Waals surface area contributed by atoms with E-state index in [0.29, 0.717) is 10.8 Å². The van der Waals surface area contributed by atoms with Crippen LogP contribution in [0.5, 0.6) is 0 Å². The van der Waals surface area contributed by atoms with E-state index in [1.54, 1.807) is 4.68 Å². The number of ether oxygens (including phenoxy) is 4. The predicted molar refractivity (Wildman–Crippen MR) is 162 cm³/mol. The minimum Gasteiger partial charge on any atom is -0.454 e. The summed E-state index contributed by atoms with van der Waals surface area (Å²) < 4.78 is 33.8. The van der Waals surface area contributed by atoms with E-state index < -0.39 is 44.1 Å². The number of nitrogens with zero attached hydrogens (tertiary/aromatic N) is 4. The number of aromatic nitrogens is 3. The zero-order valence-corrected chi connectivity index (χ0v) is 27.9. The van der Waals surface area contributed by atoms with Gasteiger partial charge in [0.2, 0.25) is 0 Å². The summed E-state index contributed by atoms with van der Waals surface area (Å²) in [6.07, 6.45) is 3.42. The van der Waals surface area contributed by atoms with Gasteiger partial charge in [-0.3, -0.25) is 4.79 Å². The molecule has 232 valence electrons. The van der Waals surface area contributed by atoms with Crippen LogP contribution in [0, 0.1) is 11.8 Å². The summed E-state index contributed by atoms with van der Waals surface area (Å²) in [6.45, 7) is 18.6. The van der Waals surface area contributed by atoms with Crippen molar-refractivity contribution in [1.29, 1.82) is 0 Å². The minimum atomic E-state index is -2.14. The number of carbonyl (C=O) groups excluding carboxylic acids is 1. The molecular formula is C30H45ClN4O6Si. The molecule has 0 radical (unpaired) electrons. The molecule has 1 spiro atoms. The summed E-state index contributed by atoms with van der Waals surface area (Å²) in [5, 5.41) is 6.05. The number of rotatable bonds is 6. The molecule has 0 aromatic carbocycles. The summed E-state index contributed by atoms with van der Waals surface area (Å²) in [6, 6.07) is 1.93. The Hall–Kier alpha value is -1.76. The maximum atomic E-state index is 12.5. The number of hydrogen-bond acceptors (Lipinski definition) is 9. The number of carbonyl (C=O) groups is 1. The van der Waals surface area contributed by atoms with Crippen LogP contribution in [0.15, 0.2) is 12.3 Å². The van der Waals surface area contributed by atoms with Gasteiger partial charge in [0.25, 0.3) is 0 Å². The van der Waals surface area contributed by atoms with E-state index >= 15 is 0 Å². The van der Waals surface area contributed by atoms with Crippen LogP contribution in [0.3, 0.4) is 0 Å². The Morgan fingerprint density at radius 3 is 2.50 bits per heavy atom. The summed E-state index contributed by atoms with van der Waals surface area (Å²) in [4.78, 5) is 19.7. The molecule has 0 bridgehead atoms. The Morgan fingerprint density at radius 2 is 1.90 bits per heavy atom. The van der Waals surface area contributed by atoms with Gasteiger partial charge >= 0.3 is 5.97 Å². The van der Waals surface area contributed by atoms with Gasteiger partial charge in [0.15, 0.2) is 37.7 Å². The zero-order valence-electron chi connectivity index (χ0n) is 26.1. The first kappa shape index (κ1) is 30.3. The molecule has 0 N–H and O–H groups in total. The summed E-state index contributed by atoms with van der Waals surface area (Å²) in [7, 11) is -2.14. The molecule has 10 nitrogen and oxygen atoms in total. The standard InChI is InChI=1S/C30H45ClN4O6Si/c1-18(36)39-25-27(40-23(16-38-42(7,8)28(2,3)4)30(25)17-37-29(5,6)41-30)35-26-21(13-32-35)22(12-24(31)33-26)34-14-19-10-9-11-20(19)15-34/h12-13,19-20,23,25,27H,9-11,14-17H2,1-8H3/t19-,20+,23-,25+,27-,30?/m1/s1. The molecule has 4 fully saturated rings. The fourth-order valence-corrected chi connectivity index (χ4v) is 8.12. The molecule has 1 aliphatic carbocycles. The van der Waals surface area contributed by atoms with Crippen molar-refractivity contribution in [3.63, 3.8) is 0 Å². The molecule has 1 unspecified atom stereocenters. The minimum absolute atomic E-state index is 0.00305. The van der Waals surface area contributed by atoms with Crippen molar-refractivity contribution in [3.8, 4) is 0 Å². The van der Waals surface area contributed by atoms with Crippen LogP contribution in [-0.2, 0) is 28.2 Å². The zero-order chi connectivity index (χ0) is 30.2. The van der Waals surface area contributed by atoms with Crippen molar-refractivity contribution in [3.05, 3.63) is 17.4 Å². The van der Waals surface area contributed by atoms with Crippen molar-refractivity contribution in [2.75, 3.05) is 31.2 Å². The van der Waals surface area contributed by atoms with Crippen molar-refractivity contribution in [2.45, 2.75) is 109 Å². The molecule has 6 rings (SSSR count). The maximum absolute atomic E-state index is 12.5. The predicted octanol–water partition coefficient (Wildman–Crippen LogP) is 5.69. The van der Waals surface area contributed by atoms with E-state index in [0.717, 1.165) is 36.0 Å². The fourth-order valence-electron chi connectivity index (χ4n) is 6.94. The largest absolute Gasteiger partial charge is 0.454 e. The Bertz CT molecular complexity index is 1350. The Morgan fingerprint density at radius 1 is 1.21 bits per heavy atom. The molecule has 6 atom stereocenters. The van der Waals surface area contributed by atoms with Gasteiger partial charge < -0.3 is 28.3 Å². The Labute approximate surface area is 254 Å². The van der Waals surface area contributed by atoms with Gasteiger partial charge in [0.05, 0.1) is 30.5 Å². The monoisotopic (exact) mass is 620 g/mol. The van der Waals surface area contributed by atoms with Gasteiger partial charge in [-0.1, -0.05) is 38.8 Å². The first-order valence-corrected chi connectivity index (χ1v) is 18.5. The smallest absolute Gasteiger partial charge is 0.303 e. The van der Waals surface area contributed by atoms with Gasteiger partial charge in [-0.2, -0.15) is 5.10 Å². The number of anilines is 1. The Kier molecular flexibility index (Phi) is 7.50. The van der Waals surface area contributed by atoms with E-state index in [1.165, 1.54) is 26.2 Å². The van der Waals surface area contributed by atoms with E-state index in [2.05, 4.69) is 38.8 Å². The van der Waals surface area contributed by atoms with E-state index in [4.69, 9.17) is 45.1 Å². The van der Waals surface area contributed by atoms with Crippen LogP contribution in [0.2, 0.25) is 23.3 Å². The highest BCUT2D eigenvalue weighted by atomic mass is 35.5. The molecule has 12 heteroatoms. The third-order valence-corrected chi connectivity index (χ3v) is 14.9. The normalized spacial score (nSPS) is 32.8. The highest BCUT2D eigenvalue weighted by Gasteiger charge is 2.66. The van der Waals surface area contributed by atoms with Crippen molar-refractivity contribution >= 4 is 42.6 Å². The number of halogens is 1. The van der Waals surface area contributed by atoms with Gasteiger partial charge in [-0.25, -0.2) is 9.67 Å². The number of pyridine rings is 1. The molecule has 3 saturated heterocycles. The lowest BCUT2D eigenvalue weighted by molar-refractivity contribution is -0.198. The number of hydrogen-bond donors (Lipinski definition) is 0. The van der Waals surface area contributed by atoms with Crippen LogP contribution < -0.4 is 4.90 Å². The quantitative estimate of drug-likeness (QED) is 0.229. The highest BCUT2D eigenvalue weighted by Crippen LogP contribution is 2.50. The van der Waals surface area contributed by atoms with E-state index in [1.807, 2.05) is 26.1 Å². The molecule has 42 heavy (non-hydrogen) atoms. The molecule has 0 amide bonds. The van der Waals surface area contributed by atoms with Crippen LogP contribution in [-0.4, -0.2) is 79.0 Å². The Balaban J connectivity index is 1.39. The fraction of sp³-hybridized carbons (Fsp3) is 0.767. The maximum Gasteiger partial charge on any atom is 0.303 e. The molecule has 2 aromatic rings. The van der Waals surface area contributed by atoms with Crippen molar-refractivity contribution in [1.82, 2.24) is 14.8 Å². The molecule has 1 saturated carbocycles. The SMILES string of the molecule is CC(=O)O[C@H]1[C@H](n2ncc3c(N4C[C@H]5CCC[C@H]5C4)cc(Cl)nc32)O[C@H](CO[Si](C)(C)C(C)(C)C)C12COC(C)(C)O2. The summed E-state index contributed by atoms with van der Waals surface area (Å²) >= 11 is 6.64. The topological polar surface area (TPSA) is 97.2 Å². The van der Waals surface area contributed by atoms with Crippen molar-refractivity contribution < 1.29 is 28.2 Å². The lowest BCUT2D eigenvalue weighted by Crippen LogP contribution is -2.55. The van der Waals surface area contributed by atoms with E-state index in [9.17, 15) is 4.79 Å². The average molecular weight is 621 g/mol. The third kappa shape index (κ3) is 5.17. The second-order valence-corrected chi connectivity index (χ2v) is 19.7. The second kappa shape index (κ2) is 10.4. The lowest BCUT2D eigenvalue weighted by atomic mass is 9.93. The summed E-state index contributed by atoms with van der Waals surface area (Å²) in [5.41, 5.74) is 0.506. The van der Waals surface area contributed by atoms with Gasteiger partial charge in [0.1, 0.15) is 11.3 Å². The van der Waals surface area contributed by atoms with Gasteiger partial charge in [-0.05, 0) is 62.7 Å². The van der Waals surface area contributed by atoms with E-state index in [-0.39, 0.29) is 18.3 Å². The molecular weight excluding hydrogens is 576 g/mol. The lowest BCUT2D eigenvalue weighted by Gasteiger charge is -2.39. The van der Waals surface area contributed by atoms with Crippen molar-refractivity contribution in [2.24, 2.45) is 11.8 Å². The second-order valence-electron chi connectivity index (χ2n) is 14.5. The average Bonchev–Trinajstić information content (AvgIpc) is 3.67. The highest BCUT2D eigenvalue weighted by molar-refractivity contribution is 6.74. The van der Waals surface area contributed by atoms with Gasteiger partial charge in [-0.15, -0.1) is 0 Å². The first-order chi connectivity index (χ1) is 19.6. The van der Waals surface area contributed by atoms with Crippen LogP contribution in [0.1, 0.15) is 67.0 Å². The number of esters is 1. The molecule has 3 aliphatic heterocycles. The first-order valence-electron chi connectivity index (χ1n) is 15.2. The van der Waals surface area contributed by atoms with Crippen LogP contribution in [0.4, 0.5) is 5.69 Å². The molecule has 4 aliphatic rings. The summed E-state index contributed by atoms with van der Waals surface area (Å²) in [5.74, 6) is 0.0931. The molecule has 2 aromatic heterocycles.